The Morgan fingerprint density at radius 3 is 2.48 bits per heavy atom. The lowest BCUT2D eigenvalue weighted by Gasteiger charge is -2.36. The third kappa shape index (κ3) is 4.34. The number of aromatic nitrogens is 1. The van der Waals surface area contributed by atoms with Crippen LogP contribution in [0.25, 0.3) is 0 Å². The van der Waals surface area contributed by atoms with Gasteiger partial charge in [-0.05, 0) is 25.0 Å². The van der Waals surface area contributed by atoms with Crippen LogP contribution >= 0.6 is 0 Å². The number of carbonyl (C=O) groups excluding carboxylic acids is 1. The summed E-state index contributed by atoms with van der Waals surface area (Å²) in [4.78, 5) is 20.5. The van der Waals surface area contributed by atoms with E-state index in [1.807, 2.05) is 29.4 Å². The Morgan fingerprint density at radius 1 is 1.24 bits per heavy atom. The summed E-state index contributed by atoms with van der Waals surface area (Å²) in [5.74, 6) is 0. The summed E-state index contributed by atoms with van der Waals surface area (Å²) in [6.07, 6.45) is 6.78. The van der Waals surface area contributed by atoms with Crippen molar-refractivity contribution in [3.63, 3.8) is 0 Å². The van der Waals surface area contributed by atoms with Gasteiger partial charge in [-0.15, -0.1) is 0 Å². The molecule has 1 saturated heterocycles. The summed E-state index contributed by atoms with van der Waals surface area (Å²) >= 11 is 0. The van der Waals surface area contributed by atoms with Crippen LogP contribution in [0.5, 0.6) is 0 Å². The second kappa shape index (κ2) is 7.86. The summed E-state index contributed by atoms with van der Waals surface area (Å²) in [6, 6.07) is 4.43. The van der Waals surface area contributed by atoms with E-state index in [9.17, 15) is 4.79 Å². The number of nitrogens with zero attached hydrogens (tertiary/aromatic N) is 3. The highest BCUT2D eigenvalue weighted by Crippen LogP contribution is 2.15. The average molecular weight is 290 g/mol. The molecule has 5 nitrogen and oxygen atoms in total. The number of piperazine rings is 1. The molecule has 116 valence electrons. The van der Waals surface area contributed by atoms with Crippen molar-refractivity contribution in [1.82, 2.24) is 15.2 Å². The van der Waals surface area contributed by atoms with Crippen molar-refractivity contribution in [2.75, 3.05) is 31.1 Å². The largest absolute Gasteiger partial charge is 0.368 e. The molecule has 0 spiro atoms. The fourth-order valence-corrected chi connectivity index (χ4v) is 2.72. The number of anilines is 1. The second-order valence-corrected chi connectivity index (χ2v) is 5.52. The summed E-state index contributed by atoms with van der Waals surface area (Å²) in [7, 11) is 0. The fraction of sp³-hybridized carbons (Fsp3) is 0.625. The normalized spacial score (nSPS) is 16.7. The van der Waals surface area contributed by atoms with E-state index in [4.69, 9.17) is 0 Å². The molecular formula is C16H26N4O. The summed E-state index contributed by atoms with van der Waals surface area (Å²) in [6.45, 7) is 7.59. The zero-order valence-corrected chi connectivity index (χ0v) is 13.1. The number of amides is 2. The monoisotopic (exact) mass is 290 g/mol. The van der Waals surface area contributed by atoms with Crippen LogP contribution in [0.3, 0.4) is 0 Å². The highest BCUT2D eigenvalue weighted by Gasteiger charge is 2.22. The van der Waals surface area contributed by atoms with Crippen molar-refractivity contribution in [3.8, 4) is 0 Å². The minimum Gasteiger partial charge on any atom is -0.368 e. The van der Waals surface area contributed by atoms with E-state index in [0.29, 0.717) is 6.04 Å². The van der Waals surface area contributed by atoms with Gasteiger partial charge in [0.2, 0.25) is 0 Å². The molecule has 0 unspecified atom stereocenters. The molecule has 2 amide bonds. The van der Waals surface area contributed by atoms with Gasteiger partial charge in [0.15, 0.2) is 0 Å². The maximum atomic E-state index is 12.3. The number of urea groups is 1. The van der Waals surface area contributed by atoms with E-state index in [2.05, 4.69) is 29.0 Å². The van der Waals surface area contributed by atoms with Gasteiger partial charge in [-0.1, -0.05) is 20.3 Å². The molecule has 1 atom stereocenters. The fourth-order valence-electron chi connectivity index (χ4n) is 2.72. The predicted molar refractivity (Wildman–Crippen MR) is 85.5 cm³/mol. The Balaban J connectivity index is 1.82. The molecule has 0 aliphatic carbocycles. The summed E-state index contributed by atoms with van der Waals surface area (Å²) in [5.41, 5.74) is 1.18. The first kappa shape index (κ1) is 15.6. The van der Waals surface area contributed by atoms with Crippen LogP contribution in [0, 0.1) is 0 Å². The Morgan fingerprint density at radius 2 is 1.90 bits per heavy atom. The lowest BCUT2D eigenvalue weighted by Crippen LogP contribution is -2.53. The number of carbonyl (C=O) groups is 1. The maximum absolute atomic E-state index is 12.3. The molecule has 0 bridgehead atoms. The van der Waals surface area contributed by atoms with Crippen molar-refractivity contribution in [1.29, 1.82) is 0 Å². The Labute approximate surface area is 127 Å². The van der Waals surface area contributed by atoms with Crippen LogP contribution in [0.15, 0.2) is 24.5 Å². The minimum atomic E-state index is 0.0877. The van der Waals surface area contributed by atoms with Crippen molar-refractivity contribution in [2.45, 2.75) is 39.2 Å². The Hall–Kier alpha value is -1.78. The predicted octanol–water partition coefficient (Wildman–Crippen LogP) is 2.49. The van der Waals surface area contributed by atoms with Gasteiger partial charge < -0.3 is 15.1 Å². The zero-order chi connectivity index (χ0) is 15.1. The number of pyridine rings is 1. The lowest BCUT2D eigenvalue weighted by atomic mass is 10.1. The molecule has 0 aromatic carbocycles. The van der Waals surface area contributed by atoms with Crippen molar-refractivity contribution in [3.05, 3.63) is 24.5 Å². The molecule has 0 saturated carbocycles. The molecule has 1 fully saturated rings. The molecule has 21 heavy (non-hydrogen) atoms. The van der Waals surface area contributed by atoms with Gasteiger partial charge in [0.05, 0.1) is 0 Å². The molecule has 2 rings (SSSR count). The molecule has 1 aromatic heterocycles. The lowest BCUT2D eigenvalue weighted by molar-refractivity contribution is 0.189. The zero-order valence-electron chi connectivity index (χ0n) is 13.1. The number of nitrogens with one attached hydrogen (secondary N) is 1. The first-order valence-electron chi connectivity index (χ1n) is 7.95. The topological polar surface area (TPSA) is 48.5 Å². The van der Waals surface area contributed by atoms with E-state index < -0.39 is 0 Å². The molecule has 1 aromatic rings. The van der Waals surface area contributed by atoms with Crippen LogP contribution < -0.4 is 10.2 Å². The van der Waals surface area contributed by atoms with Crippen molar-refractivity contribution >= 4 is 11.7 Å². The average Bonchev–Trinajstić information content (AvgIpc) is 2.55. The Bertz CT molecular complexity index is 429. The summed E-state index contributed by atoms with van der Waals surface area (Å²) in [5, 5.41) is 3.15. The van der Waals surface area contributed by atoms with E-state index in [-0.39, 0.29) is 6.03 Å². The smallest absolute Gasteiger partial charge is 0.317 e. The van der Waals surface area contributed by atoms with Gasteiger partial charge in [-0.25, -0.2) is 4.79 Å². The van der Waals surface area contributed by atoms with Gasteiger partial charge >= 0.3 is 6.03 Å². The summed E-state index contributed by atoms with van der Waals surface area (Å²) < 4.78 is 0. The van der Waals surface area contributed by atoms with Crippen molar-refractivity contribution < 1.29 is 4.79 Å². The van der Waals surface area contributed by atoms with Crippen LogP contribution in [0.1, 0.15) is 33.1 Å². The quantitative estimate of drug-likeness (QED) is 0.906. The van der Waals surface area contributed by atoms with Crippen LogP contribution in [-0.2, 0) is 0 Å². The number of hydrogen-bond acceptors (Lipinski definition) is 3. The number of rotatable bonds is 5. The van der Waals surface area contributed by atoms with E-state index in [1.165, 1.54) is 5.69 Å². The molecular weight excluding hydrogens is 264 g/mol. The molecule has 2 heterocycles. The first-order valence-corrected chi connectivity index (χ1v) is 7.95. The molecule has 1 N–H and O–H groups in total. The highest BCUT2D eigenvalue weighted by atomic mass is 16.2. The van der Waals surface area contributed by atoms with Gasteiger partial charge in [0.25, 0.3) is 0 Å². The van der Waals surface area contributed by atoms with Gasteiger partial charge in [0.1, 0.15) is 0 Å². The van der Waals surface area contributed by atoms with Gasteiger partial charge in [-0.2, -0.15) is 0 Å². The molecule has 1 aliphatic heterocycles. The Kier molecular flexibility index (Phi) is 5.84. The van der Waals surface area contributed by atoms with Gasteiger partial charge in [-0.3, -0.25) is 4.98 Å². The highest BCUT2D eigenvalue weighted by molar-refractivity contribution is 5.75. The van der Waals surface area contributed by atoms with E-state index in [0.717, 1.165) is 45.4 Å². The first-order chi connectivity index (χ1) is 10.2. The molecule has 0 radical (unpaired) electrons. The van der Waals surface area contributed by atoms with Crippen LogP contribution in [0.4, 0.5) is 10.5 Å². The van der Waals surface area contributed by atoms with Crippen molar-refractivity contribution in [2.24, 2.45) is 0 Å². The number of hydrogen-bond donors (Lipinski definition) is 1. The second-order valence-electron chi connectivity index (χ2n) is 5.52. The maximum Gasteiger partial charge on any atom is 0.317 e. The van der Waals surface area contributed by atoms with E-state index in [1.54, 1.807) is 0 Å². The van der Waals surface area contributed by atoms with E-state index >= 15 is 0 Å². The molecule has 5 heteroatoms. The third-order valence-corrected chi connectivity index (χ3v) is 4.05. The minimum absolute atomic E-state index is 0.0877. The molecule has 1 aliphatic rings. The third-order valence-electron chi connectivity index (χ3n) is 4.05. The van der Waals surface area contributed by atoms with Gasteiger partial charge in [0, 0.05) is 50.3 Å². The SMILES string of the molecule is CCC[C@H](CC)NC(=O)N1CCN(c2ccncc2)CC1. The van der Waals surface area contributed by atoms with Crippen LogP contribution in [0.2, 0.25) is 0 Å². The standard InChI is InChI=1S/C16H26N4O/c1-3-5-14(4-2)18-16(21)20-12-10-19(11-13-20)15-6-8-17-9-7-15/h6-9,14H,3-5,10-13H2,1-2H3,(H,18,21)/t14-/m0/s1. The van der Waals surface area contributed by atoms with Crippen LogP contribution in [-0.4, -0.2) is 48.1 Å².